The number of rotatable bonds is 5. The maximum Gasteiger partial charge on any atom is 0.126 e. The maximum atomic E-state index is 13.7. The van der Waals surface area contributed by atoms with Crippen molar-refractivity contribution in [1.29, 1.82) is 0 Å². The van der Waals surface area contributed by atoms with Gasteiger partial charge < -0.3 is 5.11 Å². The van der Waals surface area contributed by atoms with E-state index in [0.717, 1.165) is 5.56 Å². The first kappa shape index (κ1) is 14.7. The highest BCUT2D eigenvalue weighted by atomic mass is 19.1. The Kier molecular flexibility index (Phi) is 4.91. The first-order valence-electron chi connectivity index (χ1n) is 7.06. The van der Waals surface area contributed by atoms with Crippen LogP contribution in [0.3, 0.4) is 0 Å². The summed E-state index contributed by atoms with van der Waals surface area (Å²) in [6.07, 6.45) is 0.518. The van der Waals surface area contributed by atoms with Gasteiger partial charge in [0.1, 0.15) is 5.82 Å². The molecule has 1 N–H and O–H groups in total. The topological polar surface area (TPSA) is 20.2 Å². The summed E-state index contributed by atoms with van der Waals surface area (Å²) in [5.41, 5.74) is 2.98. The molecule has 0 aliphatic rings. The molecule has 0 radical (unpaired) electrons. The Morgan fingerprint density at radius 3 is 2.10 bits per heavy atom. The molecule has 1 atom stereocenters. The van der Waals surface area contributed by atoms with Crippen LogP contribution in [0, 0.1) is 5.82 Å². The lowest BCUT2D eigenvalue weighted by Crippen LogP contribution is -2.09. The Balaban J connectivity index is 2.18. The van der Waals surface area contributed by atoms with Crippen LogP contribution in [0.25, 0.3) is 0 Å². The first-order valence-corrected chi connectivity index (χ1v) is 7.06. The van der Waals surface area contributed by atoms with E-state index in [4.69, 9.17) is 0 Å². The van der Waals surface area contributed by atoms with E-state index in [1.54, 1.807) is 12.1 Å². The molecule has 0 saturated heterocycles. The zero-order chi connectivity index (χ0) is 14.5. The van der Waals surface area contributed by atoms with Gasteiger partial charge in [0.05, 0.1) is 6.61 Å². The first-order chi connectivity index (χ1) is 9.61. The number of benzene rings is 2. The van der Waals surface area contributed by atoms with E-state index < -0.39 is 0 Å². The quantitative estimate of drug-likeness (QED) is 0.862. The van der Waals surface area contributed by atoms with Crippen LogP contribution < -0.4 is 0 Å². The van der Waals surface area contributed by atoms with Gasteiger partial charge in [-0.05, 0) is 35.1 Å². The van der Waals surface area contributed by atoms with Gasteiger partial charge in [0.2, 0.25) is 0 Å². The molecule has 106 valence electrons. The third kappa shape index (κ3) is 3.45. The predicted octanol–water partition coefficient (Wildman–Crippen LogP) is 4.27. The Morgan fingerprint density at radius 2 is 1.55 bits per heavy atom. The number of hydrogen-bond acceptors (Lipinski definition) is 1. The van der Waals surface area contributed by atoms with E-state index in [2.05, 4.69) is 26.0 Å². The number of aliphatic hydroxyl groups is 1. The Hall–Kier alpha value is -1.67. The Morgan fingerprint density at radius 1 is 0.950 bits per heavy atom. The normalized spacial score (nSPS) is 12.7. The summed E-state index contributed by atoms with van der Waals surface area (Å²) in [5.74, 6) is 0.223. The van der Waals surface area contributed by atoms with Crippen LogP contribution >= 0.6 is 0 Å². The molecule has 0 amide bonds. The van der Waals surface area contributed by atoms with Crippen molar-refractivity contribution in [3.63, 3.8) is 0 Å². The minimum Gasteiger partial charge on any atom is -0.396 e. The lowest BCUT2D eigenvalue weighted by atomic mass is 9.91. The molecule has 0 aliphatic heterocycles. The molecule has 2 heteroatoms. The summed E-state index contributed by atoms with van der Waals surface area (Å²) >= 11 is 0. The minimum absolute atomic E-state index is 0.0232. The van der Waals surface area contributed by atoms with Gasteiger partial charge >= 0.3 is 0 Å². The molecule has 0 bridgehead atoms. The standard InChI is InChI=1S/C18H21FO/c1-13(2)14-7-9-15(10-8-14)17(12-20)11-16-5-3-4-6-18(16)19/h3-10,13,17,20H,11-12H2,1-2H3. The molecule has 2 aromatic carbocycles. The molecule has 0 aliphatic carbocycles. The fraction of sp³-hybridized carbons (Fsp3) is 0.333. The molecular weight excluding hydrogens is 251 g/mol. The lowest BCUT2D eigenvalue weighted by molar-refractivity contribution is 0.263. The SMILES string of the molecule is CC(C)c1ccc(C(CO)Cc2ccccc2F)cc1. The van der Waals surface area contributed by atoms with Crippen LogP contribution in [-0.4, -0.2) is 11.7 Å². The monoisotopic (exact) mass is 272 g/mol. The summed E-state index contributed by atoms with van der Waals surface area (Å²) in [7, 11) is 0. The van der Waals surface area contributed by atoms with Crippen molar-refractivity contribution in [3.05, 3.63) is 71.0 Å². The largest absolute Gasteiger partial charge is 0.396 e. The van der Waals surface area contributed by atoms with Crippen molar-refractivity contribution in [2.45, 2.75) is 32.1 Å². The van der Waals surface area contributed by atoms with Gasteiger partial charge in [0.15, 0.2) is 0 Å². The van der Waals surface area contributed by atoms with Crippen molar-refractivity contribution in [3.8, 4) is 0 Å². The average molecular weight is 272 g/mol. The fourth-order valence-corrected chi connectivity index (χ4v) is 2.37. The summed E-state index contributed by atoms with van der Waals surface area (Å²) in [6, 6.07) is 15.0. The lowest BCUT2D eigenvalue weighted by Gasteiger charge is -2.16. The Labute approximate surface area is 120 Å². The van der Waals surface area contributed by atoms with Crippen molar-refractivity contribution in [1.82, 2.24) is 0 Å². The molecule has 1 nitrogen and oxygen atoms in total. The summed E-state index contributed by atoms with van der Waals surface area (Å²) in [4.78, 5) is 0. The molecule has 0 heterocycles. The molecule has 1 unspecified atom stereocenters. The van der Waals surface area contributed by atoms with Gasteiger partial charge in [-0.15, -0.1) is 0 Å². The van der Waals surface area contributed by atoms with Crippen LogP contribution in [0.4, 0.5) is 4.39 Å². The van der Waals surface area contributed by atoms with E-state index in [9.17, 15) is 9.50 Å². The molecule has 2 aromatic rings. The van der Waals surface area contributed by atoms with Crippen LogP contribution in [0.1, 0.15) is 42.4 Å². The second kappa shape index (κ2) is 6.67. The van der Waals surface area contributed by atoms with Gasteiger partial charge in [0, 0.05) is 5.92 Å². The molecule has 0 fully saturated rings. The molecule has 0 saturated carbocycles. The third-order valence-electron chi connectivity index (χ3n) is 3.72. The van der Waals surface area contributed by atoms with Crippen molar-refractivity contribution < 1.29 is 9.50 Å². The van der Waals surface area contributed by atoms with Gasteiger partial charge in [0.25, 0.3) is 0 Å². The van der Waals surface area contributed by atoms with Crippen LogP contribution in [0.15, 0.2) is 48.5 Å². The zero-order valence-corrected chi connectivity index (χ0v) is 12.0. The van der Waals surface area contributed by atoms with Gasteiger partial charge in [-0.25, -0.2) is 4.39 Å². The van der Waals surface area contributed by atoms with E-state index >= 15 is 0 Å². The summed E-state index contributed by atoms with van der Waals surface area (Å²) < 4.78 is 13.7. The van der Waals surface area contributed by atoms with Crippen LogP contribution in [-0.2, 0) is 6.42 Å². The number of hydrogen-bond donors (Lipinski definition) is 1. The second-order valence-corrected chi connectivity index (χ2v) is 5.50. The average Bonchev–Trinajstić information content (AvgIpc) is 2.46. The van der Waals surface area contributed by atoms with E-state index in [1.165, 1.54) is 11.6 Å². The highest BCUT2D eigenvalue weighted by molar-refractivity contribution is 5.29. The number of halogens is 1. The highest BCUT2D eigenvalue weighted by Gasteiger charge is 2.14. The molecule has 0 aromatic heterocycles. The smallest absolute Gasteiger partial charge is 0.126 e. The number of aliphatic hydroxyl groups excluding tert-OH is 1. The molecule has 2 rings (SSSR count). The Bertz CT molecular complexity index is 546. The minimum atomic E-state index is -0.204. The van der Waals surface area contributed by atoms with Crippen molar-refractivity contribution in [2.24, 2.45) is 0 Å². The second-order valence-electron chi connectivity index (χ2n) is 5.50. The van der Waals surface area contributed by atoms with Crippen LogP contribution in [0.2, 0.25) is 0 Å². The van der Waals surface area contributed by atoms with E-state index in [1.807, 2.05) is 18.2 Å². The van der Waals surface area contributed by atoms with E-state index in [0.29, 0.717) is 17.9 Å². The van der Waals surface area contributed by atoms with Crippen molar-refractivity contribution in [2.75, 3.05) is 6.61 Å². The molecule has 0 spiro atoms. The molecular formula is C18H21FO. The van der Waals surface area contributed by atoms with Gasteiger partial charge in [-0.1, -0.05) is 56.3 Å². The summed E-state index contributed by atoms with van der Waals surface area (Å²) in [6.45, 7) is 4.32. The highest BCUT2D eigenvalue weighted by Crippen LogP contribution is 2.24. The zero-order valence-electron chi connectivity index (χ0n) is 12.0. The predicted molar refractivity (Wildman–Crippen MR) is 80.5 cm³/mol. The summed E-state index contributed by atoms with van der Waals surface area (Å²) in [5, 5.41) is 9.59. The van der Waals surface area contributed by atoms with E-state index in [-0.39, 0.29) is 18.3 Å². The maximum absolute atomic E-state index is 13.7. The fourth-order valence-electron chi connectivity index (χ4n) is 2.37. The molecule has 20 heavy (non-hydrogen) atoms. The van der Waals surface area contributed by atoms with Gasteiger partial charge in [-0.3, -0.25) is 0 Å². The van der Waals surface area contributed by atoms with Crippen LogP contribution in [0.5, 0.6) is 0 Å². The third-order valence-corrected chi connectivity index (χ3v) is 3.72. The van der Waals surface area contributed by atoms with Crippen molar-refractivity contribution >= 4 is 0 Å². The van der Waals surface area contributed by atoms with Gasteiger partial charge in [-0.2, -0.15) is 0 Å².